The Morgan fingerprint density at radius 2 is 1.92 bits per heavy atom. The van der Waals surface area contributed by atoms with Gasteiger partial charge in [-0.05, 0) is 56.5 Å². The molecule has 0 saturated carbocycles. The summed E-state index contributed by atoms with van der Waals surface area (Å²) in [7, 11) is 0. The maximum Gasteiger partial charge on any atom is 0.288 e. The number of carbonyl (C=O) groups is 1. The van der Waals surface area contributed by atoms with Gasteiger partial charge in [-0.25, -0.2) is 0 Å². The molecule has 0 saturated heterocycles. The minimum Gasteiger partial charge on any atom is -0.491 e. The summed E-state index contributed by atoms with van der Waals surface area (Å²) >= 11 is 5.75. The highest BCUT2D eigenvalue weighted by molar-refractivity contribution is 6.32. The summed E-state index contributed by atoms with van der Waals surface area (Å²) in [4.78, 5) is 22.4. The lowest BCUT2D eigenvalue weighted by atomic mass is 10.1. The van der Waals surface area contributed by atoms with E-state index in [-0.39, 0.29) is 28.3 Å². The van der Waals surface area contributed by atoms with Crippen molar-refractivity contribution >= 4 is 23.2 Å². The van der Waals surface area contributed by atoms with Crippen LogP contribution in [0.5, 0.6) is 5.75 Å². The molecule has 7 heteroatoms. The number of carbonyl (C=O) groups excluding carboxylic acids is 1. The standard InChI is InChI=1S/C19H21ClN2O4/c1-13(2)26-16-8-5-14(6-9-16)4-3-11-21-19(23)15-7-10-17(20)18(12-15)22(24)25/h5-10,12-13H,3-4,11H2,1-2H3,(H,21,23). The van der Waals surface area contributed by atoms with Crippen LogP contribution < -0.4 is 10.1 Å². The van der Waals surface area contributed by atoms with Crippen LogP contribution in [0.4, 0.5) is 5.69 Å². The smallest absolute Gasteiger partial charge is 0.288 e. The van der Waals surface area contributed by atoms with Crippen LogP contribution in [0, 0.1) is 10.1 Å². The van der Waals surface area contributed by atoms with Crippen LogP contribution in [0.25, 0.3) is 0 Å². The van der Waals surface area contributed by atoms with Gasteiger partial charge in [0.05, 0.1) is 11.0 Å². The summed E-state index contributed by atoms with van der Waals surface area (Å²) < 4.78 is 5.60. The predicted molar refractivity (Wildman–Crippen MR) is 101 cm³/mol. The number of rotatable bonds is 8. The molecule has 1 N–H and O–H groups in total. The van der Waals surface area contributed by atoms with Crippen LogP contribution >= 0.6 is 11.6 Å². The van der Waals surface area contributed by atoms with E-state index < -0.39 is 4.92 Å². The zero-order valence-electron chi connectivity index (χ0n) is 14.7. The van der Waals surface area contributed by atoms with Crippen molar-refractivity contribution in [3.8, 4) is 5.75 Å². The van der Waals surface area contributed by atoms with E-state index in [0.29, 0.717) is 6.54 Å². The van der Waals surface area contributed by atoms with Crippen LogP contribution in [0.15, 0.2) is 42.5 Å². The summed E-state index contributed by atoms with van der Waals surface area (Å²) in [5.41, 5.74) is 1.09. The molecular weight excluding hydrogens is 356 g/mol. The second-order valence-corrected chi connectivity index (χ2v) is 6.50. The lowest BCUT2D eigenvalue weighted by Gasteiger charge is -2.10. The van der Waals surface area contributed by atoms with E-state index in [0.717, 1.165) is 24.2 Å². The van der Waals surface area contributed by atoms with Crippen molar-refractivity contribution < 1.29 is 14.5 Å². The predicted octanol–water partition coefficient (Wildman–Crippen LogP) is 4.40. The van der Waals surface area contributed by atoms with Crippen LogP contribution in [0.1, 0.15) is 36.2 Å². The molecule has 0 aromatic heterocycles. The number of nitrogens with one attached hydrogen (secondary N) is 1. The van der Waals surface area contributed by atoms with Gasteiger partial charge in [0.2, 0.25) is 0 Å². The highest BCUT2D eigenvalue weighted by Gasteiger charge is 2.15. The van der Waals surface area contributed by atoms with Gasteiger partial charge in [0.25, 0.3) is 11.6 Å². The highest BCUT2D eigenvalue weighted by atomic mass is 35.5. The lowest BCUT2D eigenvalue weighted by molar-refractivity contribution is -0.384. The van der Waals surface area contributed by atoms with Crippen molar-refractivity contribution in [2.24, 2.45) is 0 Å². The van der Waals surface area contributed by atoms with Gasteiger partial charge in [0.15, 0.2) is 0 Å². The van der Waals surface area contributed by atoms with E-state index in [2.05, 4.69) is 5.32 Å². The minimum atomic E-state index is -0.605. The number of nitro groups is 1. The number of benzene rings is 2. The van der Waals surface area contributed by atoms with E-state index in [9.17, 15) is 14.9 Å². The normalized spacial score (nSPS) is 10.6. The molecule has 0 aliphatic heterocycles. The number of nitrogens with zero attached hydrogens (tertiary/aromatic N) is 1. The Hall–Kier alpha value is -2.60. The lowest BCUT2D eigenvalue weighted by Crippen LogP contribution is -2.24. The Kier molecular flexibility index (Phi) is 6.97. The summed E-state index contributed by atoms with van der Waals surface area (Å²) in [5, 5.41) is 13.7. The zero-order chi connectivity index (χ0) is 19.1. The van der Waals surface area contributed by atoms with Crippen LogP contribution in [0.3, 0.4) is 0 Å². The van der Waals surface area contributed by atoms with E-state index in [1.54, 1.807) is 0 Å². The number of aryl methyl sites for hydroxylation is 1. The van der Waals surface area contributed by atoms with Crippen LogP contribution in [-0.4, -0.2) is 23.5 Å². The van der Waals surface area contributed by atoms with Gasteiger partial charge in [-0.2, -0.15) is 0 Å². The summed E-state index contributed by atoms with van der Waals surface area (Å²) in [6, 6.07) is 11.9. The number of ether oxygens (including phenoxy) is 1. The first kappa shape index (κ1) is 19.7. The molecule has 6 nitrogen and oxygen atoms in total. The molecule has 0 fully saturated rings. The Morgan fingerprint density at radius 3 is 2.54 bits per heavy atom. The third kappa shape index (κ3) is 5.74. The molecule has 26 heavy (non-hydrogen) atoms. The molecule has 0 aliphatic carbocycles. The third-order valence-corrected chi connectivity index (χ3v) is 3.95. The number of halogens is 1. The third-order valence-electron chi connectivity index (χ3n) is 3.63. The molecule has 2 aromatic rings. The van der Waals surface area contributed by atoms with E-state index in [1.165, 1.54) is 18.2 Å². The van der Waals surface area contributed by atoms with Crippen molar-refractivity contribution in [1.82, 2.24) is 5.32 Å². The van der Waals surface area contributed by atoms with Gasteiger partial charge < -0.3 is 10.1 Å². The molecule has 2 rings (SSSR count). The number of hydrogen-bond acceptors (Lipinski definition) is 4. The maximum atomic E-state index is 12.1. The Morgan fingerprint density at radius 1 is 1.23 bits per heavy atom. The second-order valence-electron chi connectivity index (χ2n) is 6.09. The average molecular weight is 377 g/mol. The monoisotopic (exact) mass is 376 g/mol. The highest BCUT2D eigenvalue weighted by Crippen LogP contribution is 2.25. The molecular formula is C19H21ClN2O4. The van der Waals surface area contributed by atoms with E-state index >= 15 is 0 Å². The van der Waals surface area contributed by atoms with Crippen molar-refractivity contribution in [3.05, 3.63) is 68.7 Å². The number of nitro benzene ring substituents is 1. The SMILES string of the molecule is CC(C)Oc1ccc(CCCNC(=O)c2ccc(Cl)c([N+](=O)[O-])c2)cc1. The van der Waals surface area contributed by atoms with Crippen molar-refractivity contribution in [1.29, 1.82) is 0 Å². The van der Waals surface area contributed by atoms with Gasteiger partial charge in [-0.15, -0.1) is 0 Å². The largest absolute Gasteiger partial charge is 0.491 e. The van der Waals surface area contributed by atoms with Crippen molar-refractivity contribution in [2.45, 2.75) is 32.8 Å². The Bertz CT molecular complexity index is 776. The first-order valence-corrected chi connectivity index (χ1v) is 8.72. The number of amides is 1. The fourth-order valence-electron chi connectivity index (χ4n) is 2.40. The van der Waals surface area contributed by atoms with Crippen LogP contribution in [0.2, 0.25) is 5.02 Å². The van der Waals surface area contributed by atoms with Gasteiger partial charge in [-0.1, -0.05) is 23.7 Å². The average Bonchev–Trinajstić information content (AvgIpc) is 2.59. The summed E-state index contributed by atoms with van der Waals surface area (Å²) in [5.74, 6) is 0.479. The second kappa shape index (κ2) is 9.20. The molecule has 0 heterocycles. The zero-order valence-corrected chi connectivity index (χ0v) is 15.5. The quantitative estimate of drug-likeness (QED) is 0.420. The molecule has 1 amide bonds. The van der Waals surface area contributed by atoms with Gasteiger partial charge in [0.1, 0.15) is 10.8 Å². The van der Waals surface area contributed by atoms with Crippen molar-refractivity contribution in [3.63, 3.8) is 0 Å². The topological polar surface area (TPSA) is 81.5 Å². The molecule has 2 aromatic carbocycles. The van der Waals surface area contributed by atoms with Crippen molar-refractivity contribution in [2.75, 3.05) is 6.54 Å². The molecule has 0 unspecified atom stereocenters. The Labute approximate surface area is 157 Å². The fourth-order valence-corrected chi connectivity index (χ4v) is 2.58. The molecule has 0 aliphatic rings. The van der Waals surface area contributed by atoms with Gasteiger partial charge in [0, 0.05) is 18.2 Å². The molecule has 0 radical (unpaired) electrons. The fraction of sp³-hybridized carbons (Fsp3) is 0.316. The van der Waals surface area contributed by atoms with Gasteiger partial charge in [-0.3, -0.25) is 14.9 Å². The summed E-state index contributed by atoms with van der Waals surface area (Å²) in [6.07, 6.45) is 1.70. The van der Waals surface area contributed by atoms with E-state index in [4.69, 9.17) is 16.3 Å². The maximum absolute atomic E-state index is 12.1. The van der Waals surface area contributed by atoms with E-state index in [1.807, 2.05) is 38.1 Å². The van der Waals surface area contributed by atoms with Gasteiger partial charge >= 0.3 is 0 Å². The Balaban J connectivity index is 1.81. The molecule has 0 bridgehead atoms. The summed E-state index contributed by atoms with van der Waals surface area (Å²) in [6.45, 7) is 4.43. The molecule has 0 atom stereocenters. The first-order valence-electron chi connectivity index (χ1n) is 8.34. The number of hydrogen-bond donors (Lipinski definition) is 1. The molecule has 138 valence electrons. The minimum absolute atomic E-state index is 0.0106. The van der Waals surface area contributed by atoms with Crippen LogP contribution in [-0.2, 0) is 6.42 Å². The first-order chi connectivity index (χ1) is 12.4. The molecule has 0 spiro atoms.